The zero-order valence-corrected chi connectivity index (χ0v) is 15.9. The third-order valence-electron chi connectivity index (χ3n) is 4.37. The summed E-state index contributed by atoms with van der Waals surface area (Å²) in [5.74, 6) is 0.0227. The summed E-state index contributed by atoms with van der Waals surface area (Å²) in [5, 5.41) is 9.24. The van der Waals surface area contributed by atoms with E-state index in [-0.39, 0.29) is 18.0 Å². The monoisotopic (exact) mass is 386 g/mol. The molecule has 6 nitrogen and oxygen atoms in total. The van der Waals surface area contributed by atoms with Crippen LogP contribution in [0.5, 0.6) is 0 Å². The SMILES string of the molecule is CN1CC(NC(=O)Cc2ccc(NC(=O)NCc3ccc(Cl)cc3)cc2)C1. The van der Waals surface area contributed by atoms with Gasteiger partial charge in [0.1, 0.15) is 0 Å². The van der Waals surface area contributed by atoms with Crippen LogP contribution >= 0.6 is 11.6 Å². The number of nitrogens with one attached hydrogen (secondary N) is 3. The van der Waals surface area contributed by atoms with E-state index in [4.69, 9.17) is 11.6 Å². The van der Waals surface area contributed by atoms with Gasteiger partial charge >= 0.3 is 6.03 Å². The van der Waals surface area contributed by atoms with Gasteiger partial charge in [-0.2, -0.15) is 0 Å². The van der Waals surface area contributed by atoms with Crippen molar-refractivity contribution in [2.75, 3.05) is 25.5 Å². The second-order valence-corrected chi connectivity index (χ2v) is 7.23. The van der Waals surface area contributed by atoms with Crippen molar-refractivity contribution in [3.05, 3.63) is 64.7 Å². The number of carbonyl (C=O) groups is 2. The molecule has 1 fully saturated rings. The average Bonchev–Trinajstić information content (AvgIpc) is 2.61. The molecule has 2 aromatic rings. The topological polar surface area (TPSA) is 73.5 Å². The van der Waals surface area contributed by atoms with Gasteiger partial charge in [0.05, 0.1) is 12.5 Å². The van der Waals surface area contributed by atoms with Crippen LogP contribution in [0.2, 0.25) is 5.02 Å². The lowest BCUT2D eigenvalue weighted by atomic mass is 10.1. The van der Waals surface area contributed by atoms with Crippen molar-refractivity contribution in [3.63, 3.8) is 0 Å². The van der Waals surface area contributed by atoms with Crippen molar-refractivity contribution in [1.82, 2.24) is 15.5 Å². The van der Waals surface area contributed by atoms with Crippen LogP contribution < -0.4 is 16.0 Å². The number of nitrogens with zero attached hydrogens (tertiary/aromatic N) is 1. The largest absolute Gasteiger partial charge is 0.351 e. The van der Waals surface area contributed by atoms with E-state index in [1.807, 2.05) is 31.3 Å². The number of anilines is 1. The Balaban J connectivity index is 1.42. The highest BCUT2D eigenvalue weighted by molar-refractivity contribution is 6.30. The molecule has 0 bridgehead atoms. The number of likely N-dealkylation sites (tertiary alicyclic amines) is 1. The van der Waals surface area contributed by atoms with E-state index in [1.165, 1.54) is 0 Å². The Morgan fingerprint density at radius 3 is 2.30 bits per heavy atom. The van der Waals surface area contributed by atoms with E-state index in [0.29, 0.717) is 23.7 Å². The van der Waals surface area contributed by atoms with Crippen LogP contribution in [0.1, 0.15) is 11.1 Å². The molecule has 0 aromatic heterocycles. The van der Waals surface area contributed by atoms with Crippen LogP contribution in [0.3, 0.4) is 0 Å². The highest BCUT2D eigenvalue weighted by atomic mass is 35.5. The average molecular weight is 387 g/mol. The van der Waals surface area contributed by atoms with Gasteiger partial charge in [0, 0.05) is 30.3 Å². The summed E-state index contributed by atoms with van der Waals surface area (Å²) in [6.45, 7) is 2.22. The first-order valence-corrected chi connectivity index (χ1v) is 9.22. The number of urea groups is 1. The van der Waals surface area contributed by atoms with E-state index < -0.39 is 0 Å². The molecule has 0 spiro atoms. The Hall–Kier alpha value is -2.57. The predicted molar refractivity (Wildman–Crippen MR) is 107 cm³/mol. The maximum Gasteiger partial charge on any atom is 0.319 e. The fraction of sp³-hybridized carbons (Fsp3) is 0.300. The van der Waals surface area contributed by atoms with E-state index in [1.54, 1.807) is 24.3 Å². The number of likely N-dealkylation sites (N-methyl/N-ethyl adjacent to an activating group) is 1. The molecule has 3 amide bonds. The zero-order valence-electron chi connectivity index (χ0n) is 15.2. The van der Waals surface area contributed by atoms with E-state index >= 15 is 0 Å². The number of rotatable bonds is 6. The van der Waals surface area contributed by atoms with Gasteiger partial charge in [-0.05, 0) is 42.4 Å². The molecule has 0 unspecified atom stereocenters. The molecule has 142 valence electrons. The molecule has 1 heterocycles. The molecule has 7 heteroatoms. The molecule has 2 aromatic carbocycles. The highest BCUT2D eigenvalue weighted by Gasteiger charge is 2.24. The smallest absolute Gasteiger partial charge is 0.319 e. The van der Waals surface area contributed by atoms with Gasteiger partial charge in [-0.1, -0.05) is 35.9 Å². The summed E-state index contributed by atoms with van der Waals surface area (Å²) in [4.78, 5) is 26.2. The molecule has 0 aliphatic carbocycles. The lowest BCUT2D eigenvalue weighted by Crippen LogP contribution is -2.57. The van der Waals surface area contributed by atoms with Crippen molar-refractivity contribution >= 4 is 29.2 Å². The molecule has 1 aliphatic heterocycles. The summed E-state index contributed by atoms with van der Waals surface area (Å²) in [6.07, 6.45) is 0.337. The van der Waals surface area contributed by atoms with Crippen LogP contribution in [-0.2, 0) is 17.8 Å². The number of halogens is 1. The van der Waals surface area contributed by atoms with Gasteiger partial charge < -0.3 is 20.9 Å². The lowest BCUT2D eigenvalue weighted by molar-refractivity contribution is -0.122. The number of hydrogen-bond acceptors (Lipinski definition) is 3. The minimum atomic E-state index is -0.287. The van der Waals surface area contributed by atoms with Gasteiger partial charge in [0.25, 0.3) is 0 Å². The Labute approximate surface area is 163 Å². The molecule has 0 radical (unpaired) electrons. The quantitative estimate of drug-likeness (QED) is 0.714. The van der Waals surface area contributed by atoms with E-state index in [9.17, 15) is 9.59 Å². The van der Waals surface area contributed by atoms with Crippen LogP contribution in [0.25, 0.3) is 0 Å². The summed E-state index contributed by atoms with van der Waals surface area (Å²) >= 11 is 5.84. The number of hydrogen-bond donors (Lipinski definition) is 3. The number of amides is 3. The maximum absolute atomic E-state index is 12.0. The van der Waals surface area contributed by atoms with Crippen molar-refractivity contribution < 1.29 is 9.59 Å². The standard InChI is InChI=1S/C20H23ClN4O2/c1-25-12-18(13-25)23-19(26)10-14-4-8-17(9-5-14)24-20(27)22-11-15-2-6-16(21)7-3-15/h2-9,18H,10-13H2,1H3,(H,23,26)(H2,22,24,27). The van der Waals surface area contributed by atoms with Gasteiger partial charge in [-0.25, -0.2) is 4.79 Å². The molecule has 1 saturated heterocycles. The second kappa shape index (κ2) is 8.88. The highest BCUT2D eigenvalue weighted by Crippen LogP contribution is 2.12. The predicted octanol–water partition coefficient (Wildman–Crippen LogP) is 2.63. The fourth-order valence-electron chi connectivity index (χ4n) is 2.92. The van der Waals surface area contributed by atoms with Gasteiger partial charge in [0.2, 0.25) is 5.91 Å². The van der Waals surface area contributed by atoms with Gasteiger partial charge in [0.15, 0.2) is 0 Å². The molecule has 0 saturated carbocycles. The lowest BCUT2D eigenvalue weighted by Gasteiger charge is -2.36. The van der Waals surface area contributed by atoms with Gasteiger partial charge in [-0.3, -0.25) is 4.79 Å². The van der Waals surface area contributed by atoms with Crippen LogP contribution in [0, 0.1) is 0 Å². The summed E-state index contributed by atoms with van der Waals surface area (Å²) in [7, 11) is 2.03. The molecule has 0 atom stereocenters. The van der Waals surface area contributed by atoms with Crippen molar-refractivity contribution in [1.29, 1.82) is 0 Å². The van der Waals surface area contributed by atoms with Crippen LogP contribution in [0.4, 0.5) is 10.5 Å². The van der Waals surface area contributed by atoms with Crippen LogP contribution in [0.15, 0.2) is 48.5 Å². The van der Waals surface area contributed by atoms with Gasteiger partial charge in [-0.15, -0.1) is 0 Å². The molecule has 3 N–H and O–H groups in total. The minimum absolute atomic E-state index is 0.0227. The van der Waals surface area contributed by atoms with E-state index in [2.05, 4.69) is 20.9 Å². The van der Waals surface area contributed by atoms with Crippen molar-refractivity contribution in [3.8, 4) is 0 Å². The number of carbonyl (C=O) groups excluding carboxylic acids is 2. The third-order valence-corrected chi connectivity index (χ3v) is 4.62. The normalized spacial score (nSPS) is 14.3. The minimum Gasteiger partial charge on any atom is -0.351 e. The van der Waals surface area contributed by atoms with Crippen molar-refractivity contribution in [2.45, 2.75) is 19.0 Å². The Morgan fingerprint density at radius 2 is 1.67 bits per heavy atom. The molecule has 1 aliphatic rings. The third kappa shape index (κ3) is 5.98. The zero-order chi connectivity index (χ0) is 19.2. The molecule has 3 rings (SSSR count). The fourth-order valence-corrected chi connectivity index (χ4v) is 3.05. The Kier molecular flexibility index (Phi) is 6.32. The molecular formula is C20H23ClN4O2. The first-order chi connectivity index (χ1) is 13.0. The van der Waals surface area contributed by atoms with Crippen LogP contribution in [-0.4, -0.2) is 43.0 Å². The summed E-state index contributed by atoms with van der Waals surface area (Å²) in [5.41, 5.74) is 2.55. The second-order valence-electron chi connectivity index (χ2n) is 6.79. The first kappa shape index (κ1) is 19.2. The Morgan fingerprint density at radius 1 is 1.04 bits per heavy atom. The Bertz CT molecular complexity index is 787. The number of benzene rings is 2. The summed E-state index contributed by atoms with van der Waals surface area (Å²) in [6, 6.07) is 14.6. The maximum atomic E-state index is 12.0. The van der Waals surface area contributed by atoms with Crippen molar-refractivity contribution in [2.24, 2.45) is 0 Å². The first-order valence-electron chi connectivity index (χ1n) is 8.84. The van der Waals surface area contributed by atoms with E-state index in [0.717, 1.165) is 24.2 Å². The molecular weight excluding hydrogens is 364 g/mol. The summed E-state index contributed by atoms with van der Waals surface area (Å²) < 4.78 is 0. The molecule has 27 heavy (non-hydrogen) atoms.